The van der Waals surface area contributed by atoms with Gasteiger partial charge in [-0.05, 0) is 48.0 Å². The van der Waals surface area contributed by atoms with Gasteiger partial charge in [-0.25, -0.2) is 9.37 Å². The Balaban J connectivity index is 1.66. The number of pyridine rings is 1. The number of rotatable bonds is 5. The Morgan fingerprint density at radius 2 is 1.68 bits per heavy atom. The summed E-state index contributed by atoms with van der Waals surface area (Å²) in [7, 11) is 0. The number of halogens is 1. The van der Waals surface area contributed by atoms with E-state index >= 15 is 0 Å². The number of nitrogens with zero attached hydrogens (tertiary/aromatic N) is 3. The van der Waals surface area contributed by atoms with Gasteiger partial charge in [-0.1, -0.05) is 0 Å². The Bertz CT molecular complexity index is 731. The van der Waals surface area contributed by atoms with Crippen LogP contribution in [-0.2, 0) is 6.54 Å². The second-order valence-corrected chi connectivity index (χ2v) is 4.61. The van der Waals surface area contributed by atoms with Crippen molar-refractivity contribution >= 4 is 17.5 Å². The fourth-order valence-electron chi connectivity index (χ4n) is 1.87. The third-order valence-corrected chi connectivity index (χ3v) is 2.98. The van der Waals surface area contributed by atoms with Crippen molar-refractivity contribution < 1.29 is 4.39 Å². The number of hydrogen-bond acceptors (Lipinski definition) is 5. The van der Waals surface area contributed by atoms with Crippen molar-refractivity contribution in [3.8, 4) is 0 Å². The highest BCUT2D eigenvalue weighted by Crippen LogP contribution is 2.15. The lowest BCUT2D eigenvalue weighted by molar-refractivity contribution is 0.628. The van der Waals surface area contributed by atoms with Crippen molar-refractivity contribution in [3.63, 3.8) is 0 Å². The van der Waals surface area contributed by atoms with Crippen LogP contribution in [0.1, 0.15) is 5.56 Å². The van der Waals surface area contributed by atoms with E-state index in [-0.39, 0.29) is 5.82 Å². The molecule has 0 aliphatic rings. The molecule has 5 nitrogen and oxygen atoms in total. The van der Waals surface area contributed by atoms with E-state index in [0.717, 1.165) is 11.3 Å². The average Bonchev–Trinajstić information content (AvgIpc) is 2.57. The van der Waals surface area contributed by atoms with Gasteiger partial charge < -0.3 is 10.6 Å². The van der Waals surface area contributed by atoms with Crippen LogP contribution in [0.5, 0.6) is 0 Å². The monoisotopic (exact) mass is 295 g/mol. The Morgan fingerprint density at radius 1 is 0.909 bits per heavy atom. The maximum absolute atomic E-state index is 12.9. The summed E-state index contributed by atoms with van der Waals surface area (Å²) in [5.74, 6) is 0.877. The number of anilines is 3. The van der Waals surface area contributed by atoms with Crippen molar-refractivity contribution in [1.82, 2.24) is 15.0 Å². The van der Waals surface area contributed by atoms with Crippen LogP contribution in [-0.4, -0.2) is 15.0 Å². The molecule has 3 rings (SSSR count). The minimum Gasteiger partial charge on any atom is -0.366 e. The predicted octanol–water partition coefficient (Wildman–Crippen LogP) is 3.37. The molecule has 0 atom stereocenters. The summed E-state index contributed by atoms with van der Waals surface area (Å²) in [6.45, 7) is 0.648. The highest BCUT2D eigenvalue weighted by Gasteiger charge is 2.01. The van der Waals surface area contributed by atoms with Gasteiger partial charge in [0.1, 0.15) is 11.6 Å². The normalized spacial score (nSPS) is 10.2. The van der Waals surface area contributed by atoms with Gasteiger partial charge in [0, 0.05) is 30.8 Å². The molecule has 2 aromatic heterocycles. The maximum Gasteiger partial charge on any atom is 0.229 e. The van der Waals surface area contributed by atoms with Gasteiger partial charge in [0.05, 0.1) is 0 Å². The predicted molar refractivity (Wildman–Crippen MR) is 83.3 cm³/mol. The third-order valence-electron chi connectivity index (χ3n) is 2.98. The van der Waals surface area contributed by atoms with Crippen LogP contribution in [0.4, 0.5) is 21.8 Å². The summed E-state index contributed by atoms with van der Waals surface area (Å²) in [5, 5.41) is 6.25. The fourth-order valence-corrected chi connectivity index (χ4v) is 1.87. The first-order valence-electron chi connectivity index (χ1n) is 6.78. The van der Waals surface area contributed by atoms with Gasteiger partial charge >= 0.3 is 0 Å². The smallest absolute Gasteiger partial charge is 0.229 e. The SMILES string of the molecule is Fc1ccc(Nc2nccc(NCc3ccncc3)n2)cc1. The zero-order valence-electron chi connectivity index (χ0n) is 11.7. The molecule has 0 amide bonds. The van der Waals surface area contributed by atoms with Crippen LogP contribution in [0.15, 0.2) is 61.1 Å². The van der Waals surface area contributed by atoms with Crippen LogP contribution in [0.25, 0.3) is 0 Å². The minimum atomic E-state index is -0.278. The molecule has 3 aromatic rings. The van der Waals surface area contributed by atoms with Gasteiger partial charge in [-0.3, -0.25) is 4.98 Å². The van der Waals surface area contributed by atoms with Crippen molar-refractivity contribution in [2.75, 3.05) is 10.6 Å². The highest BCUT2D eigenvalue weighted by molar-refractivity contribution is 5.54. The molecule has 0 unspecified atom stereocenters. The molecular weight excluding hydrogens is 281 g/mol. The fraction of sp³-hybridized carbons (Fsp3) is 0.0625. The van der Waals surface area contributed by atoms with Crippen LogP contribution in [0, 0.1) is 5.82 Å². The Kier molecular flexibility index (Phi) is 4.20. The standard InChI is InChI=1S/C16H14FN5/c17-13-1-3-14(4-2-13)21-16-19-10-7-15(22-16)20-11-12-5-8-18-9-6-12/h1-10H,11H2,(H2,19,20,21,22). The number of nitrogens with one attached hydrogen (secondary N) is 2. The van der Waals surface area contributed by atoms with E-state index in [1.807, 2.05) is 12.1 Å². The second-order valence-electron chi connectivity index (χ2n) is 4.61. The van der Waals surface area contributed by atoms with Gasteiger partial charge in [0.25, 0.3) is 0 Å². The van der Waals surface area contributed by atoms with Crippen LogP contribution < -0.4 is 10.6 Å². The zero-order valence-corrected chi connectivity index (χ0v) is 11.7. The molecule has 6 heteroatoms. The average molecular weight is 295 g/mol. The molecule has 1 aromatic carbocycles. The third kappa shape index (κ3) is 3.76. The molecule has 22 heavy (non-hydrogen) atoms. The van der Waals surface area contributed by atoms with E-state index in [2.05, 4.69) is 25.6 Å². The van der Waals surface area contributed by atoms with Gasteiger partial charge in [0.15, 0.2) is 0 Å². The summed E-state index contributed by atoms with van der Waals surface area (Å²) >= 11 is 0. The minimum absolute atomic E-state index is 0.278. The molecule has 2 N–H and O–H groups in total. The summed E-state index contributed by atoms with van der Waals surface area (Å²) in [6.07, 6.45) is 5.16. The van der Waals surface area contributed by atoms with E-state index < -0.39 is 0 Å². The highest BCUT2D eigenvalue weighted by atomic mass is 19.1. The Hall–Kier alpha value is -3.02. The molecular formula is C16H14FN5. The van der Waals surface area contributed by atoms with Crippen LogP contribution >= 0.6 is 0 Å². The lowest BCUT2D eigenvalue weighted by atomic mass is 10.3. The molecule has 0 aliphatic heterocycles. The van der Waals surface area contributed by atoms with Gasteiger partial charge in [0.2, 0.25) is 5.95 Å². The van der Waals surface area contributed by atoms with Crippen molar-refractivity contribution in [3.05, 3.63) is 72.4 Å². The summed E-state index contributed by atoms with van der Waals surface area (Å²) in [5.41, 5.74) is 1.84. The number of benzene rings is 1. The van der Waals surface area contributed by atoms with Crippen molar-refractivity contribution in [2.24, 2.45) is 0 Å². The van der Waals surface area contributed by atoms with E-state index in [1.165, 1.54) is 12.1 Å². The molecule has 0 saturated carbocycles. The number of hydrogen-bond donors (Lipinski definition) is 2. The largest absolute Gasteiger partial charge is 0.366 e. The Labute approximate surface area is 127 Å². The molecule has 2 heterocycles. The molecule has 0 fully saturated rings. The summed E-state index contributed by atoms with van der Waals surface area (Å²) in [4.78, 5) is 12.5. The van der Waals surface area contributed by atoms with E-state index in [4.69, 9.17) is 0 Å². The summed E-state index contributed by atoms with van der Waals surface area (Å²) in [6, 6.07) is 11.7. The second kappa shape index (κ2) is 6.62. The zero-order chi connectivity index (χ0) is 15.2. The van der Waals surface area contributed by atoms with Crippen LogP contribution in [0.2, 0.25) is 0 Å². The molecule has 0 saturated heterocycles. The lowest BCUT2D eigenvalue weighted by Gasteiger charge is -2.08. The molecule has 110 valence electrons. The lowest BCUT2D eigenvalue weighted by Crippen LogP contribution is -2.04. The quantitative estimate of drug-likeness (QED) is 0.755. The maximum atomic E-state index is 12.9. The van der Waals surface area contributed by atoms with Crippen LogP contribution in [0.3, 0.4) is 0 Å². The molecule has 0 aliphatic carbocycles. The van der Waals surface area contributed by atoms with Crippen molar-refractivity contribution in [1.29, 1.82) is 0 Å². The van der Waals surface area contributed by atoms with E-state index in [1.54, 1.807) is 36.8 Å². The van der Waals surface area contributed by atoms with E-state index in [0.29, 0.717) is 18.3 Å². The topological polar surface area (TPSA) is 62.7 Å². The Morgan fingerprint density at radius 3 is 2.45 bits per heavy atom. The first-order chi connectivity index (χ1) is 10.8. The van der Waals surface area contributed by atoms with Crippen molar-refractivity contribution in [2.45, 2.75) is 6.54 Å². The summed E-state index contributed by atoms with van der Waals surface area (Å²) < 4.78 is 12.9. The van der Waals surface area contributed by atoms with Gasteiger partial charge in [-0.15, -0.1) is 0 Å². The first-order valence-corrected chi connectivity index (χ1v) is 6.78. The van der Waals surface area contributed by atoms with Gasteiger partial charge in [-0.2, -0.15) is 4.98 Å². The van der Waals surface area contributed by atoms with E-state index in [9.17, 15) is 4.39 Å². The molecule has 0 radical (unpaired) electrons. The first kappa shape index (κ1) is 13.9. The molecule has 0 spiro atoms. The molecule has 0 bridgehead atoms. The number of aromatic nitrogens is 3.